The average Bonchev–Trinajstić information content (AvgIpc) is 2.43. The molecule has 1 aromatic rings. The van der Waals surface area contributed by atoms with Crippen molar-refractivity contribution >= 4 is 30.5 Å². The van der Waals surface area contributed by atoms with Crippen LogP contribution in [0.25, 0.3) is 0 Å². The molecule has 1 aliphatic carbocycles. The lowest BCUT2D eigenvalue weighted by Crippen LogP contribution is -2.48. The summed E-state index contributed by atoms with van der Waals surface area (Å²) in [6.07, 6.45) is 3.65. The minimum absolute atomic E-state index is 0. The van der Waals surface area contributed by atoms with Gasteiger partial charge in [-0.05, 0) is 18.8 Å². The molecule has 7 heteroatoms. The molecule has 1 atom stereocenters. The van der Waals surface area contributed by atoms with Crippen molar-refractivity contribution in [3.8, 4) is 0 Å². The Balaban J connectivity index is 0.00000121. The van der Waals surface area contributed by atoms with E-state index >= 15 is 0 Å². The molecule has 1 saturated heterocycles. The maximum Gasteiger partial charge on any atom is 0.274 e. The molecule has 22 heavy (non-hydrogen) atoms. The first kappa shape index (κ1) is 19.2. The van der Waals surface area contributed by atoms with Gasteiger partial charge in [-0.1, -0.05) is 24.6 Å². The second-order valence-electron chi connectivity index (χ2n) is 5.74. The number of halogens is 2. The zero-order chi connectivity index (χ0) is 13.9. The minimum Gasteiger partial charge on any atom is -0.314 e. The number of piperazine rings is 1. The van der Waals surface area contributed by atoms with Crippen molar-refractivity contribution in [2.75, 3.05) is 26.2 Å². The molecule has 1 N–H and O–H groups in total. The Hall–Kier alpha value is -0.880. The van der Waals surface area contributed by atoms with E-state index in [0.717, 1.165) is 31.7 Å². The van der Waals surface area contributed by atoms with Crippen molar-refractivity contribution in [1.29, 1.82) is 0 Å². The molecule has 0 spiro atoms. The fourth-order valence-corrected chi connectivity index (χ4v) is 3.37. The van der Waals surface area contributed by atoms with Crippen LogP contribution in [-0.2, 0) is 0 Å². The van der Waals surface area contributed by atoms with Crippen LogP contribution < -0.4 is 5.32 Å². The van der Waals surface area contributed by atoms with Crippen molar-refractivity contribution in [2.45, 2.75) is 25.3 Å². The van der Waals surface area contributed by atoms with Gasteiger partial charge < -0.3 is 5.32 Å². The van der Waals surface area contributed by atoms with Crippen molar-refractivity contribution in [3.63, 3.8) is 0 Å². The van der Waals surface area contributed by atoms with Gasteiger partial charge in [0.25, 0.3) is 5.69 Å². The molecule has 0 amide bonds. The largest absolute Gasteiger partial charge is 0.314 e. The van der Waals surface area contributed by atoms with Gasteiger partial charge in [-0.15, -0.1) is 24.8 Å². The van der Waals surface area contributed by atoms with E-state index < -0.39 is 0 Å². The number of hydrogen-bond donors (Lipinski definition) is 1. The molecule has 124 valence electrons. The highest BCUT2D eigenvalue weighted by atomic mass is 35.5. The predicted molar refractivity (Wildman–Crippen MR) is 92.1 cm³/mol. The van der Waals surface area contributed by atoms with Crippen LogP contribution in [0.1, 0.15) is 30.9 Å². The average molecular weight is 348 g/mol. The van der Waals surface area contributed by atoms with Crippen molar-refractivity contribution in [3.05, 3.63) is 39.9 Å². The Labute approximate surface area is 143 Å². The standard InChI is InChI=1S/C15H21N3O2.2ClH/c19-18(20)14-7-2-1-6-13(14)15(12-4-3-5-12)17-10-8-16-9-11-17;;/h1-2,6-7,12,15-16H,3-5,8-11H2;2*1H/t15-;;/m1../s1. The number of nitrogens with zero attached hydrogens (tertiary/aromatic N) is 2. The zero-order valence-electron chi connectivity index (χ0n) is 12.4. The van der Waals surface area contributed by atoms with Crippen molar-refractivity contribution in [1.82, 2.24) is 10.2 Å². The van der Waals surface area contributed by atoms with Gasteiger partial charge in [0.2, 0.25) is 0 Å². The summed E-state index contributed by atoms with van der Waals surface area (Å²) in [5.41, 5.74) is 1.19. The molecule has 0 bridgehead atoms. The Morgan fingerprint density at radius 2 is 1.82 bits per heavy atom. The number of para-hydroxylation sites is 1. The van der Waals surface area contributed by atoms with Crippen LogP contribution in [0, 0.1) is 16.0 Å². The smallest absolute Gasteiger partial charge is 0.274 e. The summed E-state index contributed by atoms with van der Waals surface area (Å²) >= 11 is 0. The molecule has 0 radical (unpaired) electrons. The molecule has 1 saturated carbocycles. The maximum absolute atomic E-state index is 11.3. The van der Waals surface area contributed by atoms with E-state index in [-0.39, 0.29) is 41.5 Å². The fraction of sp³-hybridized carbons (Fsp3) is 0.600. The monoisotopic (exact) mass is 347 g/mol. The van der Waals surface area contributed by atoms with Crippen LogP contribution in [-0.4, -0.2) is 36.0 Å². The van der Waals surface area contributed by atoms with Gasteiger partial charge in [0, 0.05) is 43.9 Å². The first-order valence-corrected chi connectivity index (χ1v) is 7.45. The van der Waals surface area contributed by atoms with Gasteiger partial charge in [-0.3, -0.25) is 15.0 Å². The SMILES string of the molecule is Cl.Cl.O=[N+]([O-])c1ccccc1[C@@H](C1CCC1)N1CCNCC1. The lowest BCUT2D eigenvalue weighted by atomic mass is 9.76. The zero-order valence-corrected chi connectivity index (χ0v) is 14.1. The van der Waals surface area contributed by atoms with E-state index in [1.54, 1.807) is 12.1 Å². The summed E-state index contributed by atoms with van der Waals surface area (Å²) in [4.78, 5) is 13.5. The lowest BCUT2D eigenvalue weighted by molar-refractivity contribution is -0.386. The highest BCUT2D eigenvalue weighted by molar-refractivity contribution is 5.85. The summed E-state index contributed by atoms with van der Waals surface area (Å²) in [5, 5.41) is 14.7. The topological polar surface area (TPSA) is 58.4 Å². The molecule has 0 unspecified atom stereocenters. The first-order chi connectivity index (χ1) is 9.77. The molecular formula is C15H23Cl2N3O2. The maximum atomic E-state index is 11.3. The minimum atomic E-state index is -0.233. The predicted octanol–water partition coefficient (Wildman–Crippen LogP) is 3.18. The third-order valence-electron chi connectivity index (χ3n) is 4.59. The van der Waals surface area contributed by atoms with Crippen molar-refractivity contribution in [2.24, 2.45) is 5.92 Å². The molecule has 1 heterocycles. The number of nitro benzene ring substituents is 1. The van der Waals surface area contributed by atoms with Crippen LogP contribution in [0.3, 0.4) is 0 Å². The number of benzene rings is 1. The number of rotatable bonds is 4. The summed E-state index contributed by atoms with van der Waals surface area (Å²) in [7, 11) is 0. The summed E-state index contributed by atoms with van der Waals surface area (Å²) in [6.45, 7) is 3.91. The van der Waals surface area contributed by atoms with E-state index in [1.165, 1.54) is 19.3 Å². The van der Waals surface area contributed by atoms with E-state index in [0.29, 0.717) is 5.92 Å². The highest BCUT2D eigenvalue weighted by Crippen LogP contribution is 2.43. The Kier molecular flexibility index (Phi) is 7.56. The van der Waals surface area contributed by atoms with Crippen LogP contribution in [0.4, 0.5) is 5.69 Å². The van der Waals surface area contributed by atoms with Crippen molar-refractivity contribution < 1.29 is 4.92 Å². The van der Waals surface area contributed by atoms with E-state index in [2.05, 4.69) is 10.2 Å². The quantitative estimate of drug-likeness (QED) is 0.671. The summed E-state index contributed by atoms with van der Waals surface area (Å²) < 4.78 is 0. The van der Waals surface area contributed by atoms with E-state index in [1.807, 2.05) is 12.1 Å². The Bertz CT molecular complexity index is 491. The van der Waals surface area contributed by atoms with Crippen LogP contribution in [0.2, 0.25) is 0 Å². The van der Waals surface area contributed by atoms with Crippen LogP contribution in [0.15, 0.2) is 24.3 Å². The molecule has 1 aromatic carbocycles. The van der Waals surface area contributed by atoms with Gasteiger partial charge in [0.15, 0.2) is 0 Å². The molecule has 0 aromatic heterocycles. The normalized spacial score (nSPS) is 20.2. The second-order valence-corrected chi connectivity index (χ2v) is 5.74. The van der Waals surface area contributed by atoms with E-state index in [9.17, 15) is 10.1 Å². The highest BCUT2D eigenvalue weighted by Gasteiger charge is 2.36. The molecule has 2 fully saturated rings. The number of hydrogen-bond acceptors (Lipinski definition) is 4. The van der Waals surface area contributed by atoms with Gasteiger partial charge >= 0.3 is 0 Å². The lowest BCUT2D eigenvalue weighted by Gasteiger charge is -2.43. The molecule has 5 nitrogen and oxygen atoms in total. The summed E-state index contributed by atoms with van der Waals surface area (Å²) in [6, 6.07) is 7.49. The van der Waals surface area contributed by atoms with Gasteiger partial charge in [-0.25, -0.2) is 0 Å². The van der Waals surface area contributed by atoms with Gasteiger partial charge in [0.05, 0.1) is 4.92 Å². The third-order valence-corrected chi connectivity index (χ3v) is 4.59. The third kappa shape index (κ3) is 3.90. The molecule has 2 aliphatic rings. The molecule has 3 rings (SSSR count). The number of nitrogens with one attached hydrogen (secondary N) is 1. The fourth-order valence-electron chi connectivity index (χ4n) is 3.37. The van der Waals surface area contributed by atoms with E-state index in [4.69, 9.17) is 0 Å². The van der Waals surface area contributed by atoms with Crippen LogP contribution >= 0.6 is 24.8 Å². The van der Waals surface area contributed by atoms with Gasteiger partial charge in [-0.2, -0.15) is 0 Å². The number of nitro groups is 1. The summed E-state index contributed by atoms with van der Waals surface area (Å²) in [5.74, 6) is 0.578. The van der Waals surface area contributed by atoms with Gasteiger partial charge in [0.1, 0.15) is 0 Å². The van der Waals surface area contributed by atoms with Crippen LogP contribution in [0.5, 0.6) is 0 Å². The molecular weight excluding hydrogens is 325 g/mol. The first-order valence-electron chi connectivity index (χ1n) is 7.45. The Morgan fingerprint density at radius 1 is 1.18 bits per heavy atom. The molecule has 1 aliphatic heterocycles. The second kappa shape index (κ2) is 8.67. The Morgan fingerprint density at radius 3 is 2.36 bits per heavy atom.